The van der Waals surface area contributed by atoms with Crippen molar-refractivity contribution in [1.82, 2.24) is 14.8 Å². The Morgan fingerprint density at radius 1 is 1.29 bits per heavy atom. The van der Waals surface area contributed by atoms with Gasteiger partial charge < -0.3 is 4.90 Å². The van der Waals surface area contributed by atoms with Crippen LogP contribution in [0, 0.1) is 12.7 Å². The topological polar surface area (TPSA) is 68.8 Å². The normalized spacial score (nSPS) is 14.8. The molecule has 3 rings (SSSR count). The Morgan fingerprint density at radius 3 is 2.61 bits per heavy atom. The first-order chi connectivity index (χ1) is 14.9. The van der Waals surface area contributed by atoms with E-state index in [-0.39, 0.29) is 17.6 Å². The fourth-order valence-electron chi connectivity index (χ4n) is 4.04. The lowest BCUT2D eigenvalue weighted by molar-refractivity contribution is -0.131. The molecule has 2 heterocycles. The van der Waals surface area contributed by atoms with Crippen molar-refractivity contribution in [2.75, 3.05) is 30.1 Å². The van der Waals surface area contributed by atoms with E-state index < -0.39 is 5.82 Å². The summed E-state index contributed by atoms with van der Waals surface area (Å²) in [5.41, 5.74) is 5.42. The number of piperidine rings is 1. The minimum Gasteiger partial charge on any atom is -0.340 e. The first-order valence-corrected chi connectivity index (χ1v) is 10.6. The summed E-state index contributed by atoms with van der Waals surface area (Å²) in [7, 11) is 0. The molecule has 31 heavy (non-hydrogen) atoms. The Balaban J connectivity index is 1.66. The van der Waals surface area contributed by atoms with E-state index >= 15 is 0 Å². The van der Waals surface area contributed by atoms with Gasteiger partial charge in [0.05, 0.1) is 11.9 Å². The lowest BCUT2D eigenvalue weighted by atomic mass is 10.0. The Bertz CT molecular complexity index is 897. The molecule has 0 bridgehead atoms. The number of halogens is 1. The van der Waals surface area contributed by atoms with Gasteiger partial charge in [-0.2, -0.15) is 0 Å². The molecule has 1 N–H and O–H groups in total. The lowest BCUT2D eigenvalue weighted by Crippen LogP contribution is -2.46. The van der Waals surface area contributed by atoms with E-state index in [2.05, 4.69) is 15.3 Å². The molecule has 0 unspecified atom stereocenters. The number of carbonyl (C=O) groups is 2. The maximum Gasteiger partial charge on any atom is 0.232 e. The largest absolute Gasteiger partial charge is 0.340 e. The van der Waals surface area contributed by atoms with E-state index in [0.29, 0.717) is 18.6 Å². The fourth-order valence-corrected chi connectivity index (χ4v) is 4.04. The Kier molecular flexibility index (Phi) is 7.57. The molecule has 2 aromatic rings. The van der Waals surface area contributed by atoms with Crippen molar-refractivity contribution in [1.29, 1.82) is 0 Å². The van der Waals surface area contributed by atoms with E-state index in [1.165, 1.54) is 6.07 Å². The molecule has 1 saturated heterocycles. The molecule has 0 atom stereocenters. The standard InChI is InChI=1S/C23H30FN5O2/c1-4-28(18(3)31)21-9-11-27(12-10-21)15-19-6-8-22(24)23(13-19)29(16-30)26-20-7-5-17(2)25-14-20/h5-8,13-14,16,21,26H,4,9-12,15H2,1-3H3. The summed E-state index contributed by atoms with van der Waals surface area (Å²) in [4.78, 5) is 31.8. The van der Waals surface area contributed by atoms with Gasteiger partial charge in [-0.25, -0.2) is 9.40 Å². The number of hydrazine groups is 1. The van der Waals surface area contributed by atoms with E-state index in [0.717, 1.165) is 48.7 Å². The first-order valence-electron chi connectivity index (χ1n) is 10.6. The molecule has 2 amide bonds. The van der Waals surface area contributed by atoms with Gasteiger partial charge in [-0.3, -0.25) is 24.9 Å². The van der Waals surface area contributed by atoms with Crippen molar-refractivity contribution in [2.24, 2.45) is 0 Å². The van der Waals surface area contributed by atoms with E-state index in [1.807, 2.05) is 24.8 Å². The molecule has 0 radical (unpaired) electrons. The lowest BCUT2D eigenvalue weighted by Gasteiger charge is -2.37. The van der Waals surface area contributed by atoms with Crippen LogP contribution in [0.25, 0.3) is 0 Å². The van der Waals surface area contributed by atoms with Crippen molar-refractivity contribution in [2.45, 2.75) is 46.2 Å². The Morgan fingerprint density at radius 2 is 2.03 bits per heavy atom. The minimum absolute atomic E-state index is 0.120. The number of likely N-dealkylation sites (tertiary alicyclic amines) is 1. The van der Waals surface area contributed by atoms with Crippen molar-refractivity contribution < 1.29 is 14.0 Å². The van der Waals surface area contributed by atoms with Crippen molar-refractivity contribution in [3.05, 3.63) is 53.6 Å². The molecule has 0 saturated carbocycles. The summed E-state index contributed by atoms with van der Waals surface area (Å²) in [6, 6.07) is 8.70. The maximum absolute atomic E-state index is 14.5. The number of nitrogens with zero attached hydrogens (tertiary/aromatic N) is 4. The predicted octanol–water partition coefficient (Wildman–Crippen LogP) is 3.35. The number of hydrogen-bond donors (Lipinski definition) is 1. The van der Waals surface area contributed by atoms with Crippen LogP contribution in [-0.2, 0) is 16.1 Å². The molecule has 1 aromatic carbocycles. The third kappa shape index (κ3) is 5.79. The first kappa shape index (κ1) is 22.7. The number of aromatic nitrogens is 1. The van der Waals surface area contributed by atoms with Gasteiger partial charge in [-0.1, -0.05) is 6.07 Å². The summed E-state index contributed by atoms with van der Waals surface area (Å²) >= 11 is 0. The van der Waals surface area contributed by atoms with Gasteiger partial charge in [0.25, 0.3) is 0 Å². The second kappa shape index (κ2) is 10.3. The van der Waals surface area contributed by atoms with Crippen LogP contribution in [0.1, 0.15) is 37.9 Å². The van der Waals surface area contributed by atoms with Crippen molar-refractivity contribution in [3.63, 3.8) is 0 Å². The van der Waals surface area contributed by atoms with Gasteiger partial charge in [0.15, 0.2) is 0 Å². The van der Waals surface area contributed by atoms with Gasteiger partial charge in [0.2, 0.25) is 12.3 Å². The highest BCUT2D eigenvalue weighted by Gasteiger charge is 2.25. The average molecular weight is 428 g/mol. The highest BCUT2D eigenvalue weighted by Crippen LogP contribution is 2.24. The molecule has 0 spiro atoms. The number of hydrogen-bond acceptors (Lipinski definition) is 5. The second-order valence-electron chi connectivity index (χ2n) is 7.87. The number of nitrogens with one attached hydrogen (secondary N) is 1. The van der Waals surface area contributed by atoms with Gasteiger partial charge in [0, 0.05) is 44.8 Å². The molecule has 0 aliphatic carbocycles. The quantitative estimate of drug-likeness (QED) is 0.517. The molecule has 166 valence electrons. The van der Waals surface area contributed by atoms with Crippen LogP contribution in [0.5, 0.6) is 0 Å². The number of benzene rings is 1. The zero-order chi connectivity index (χ0) is 22.4. The third-order valence-corrected chi connectivity index (χ3v) is 5.69. The molecule has 1 fully saturated rings. The van der Waals surface area contributed by atoms with Gasteiger partial charge in [-0.15, -0.1) is 0 Å². The number of carbonyl (C=O) groups excluding carboxylic acids is 2. The van der Waals surface area contributed by atoms with Gasteiger partial charge in [0.1, 0.15) is 11.5 Å². The van der Waals surface area contributed by atoms with Crippen LogP contribution >= 0.6 is 0 Å². The average Bonchev–Trinajstić information content (AvgIpc) is 2.76. The van der Waals surface area contributed by atoms with E-state index in [9.17, 15) is 14.0 Å². The summed E-state index contributed by atoms with van der Waals surface area (Å²) in [5.74, 6) is -0.364. The maximum atomic E-state index is 14.5. The molecule has 1 aliphatic rings. The van der Waals surface area contributed by atoms with Crippen LogP contribution in [-0.4, -0.2) is 52.8 Å². The number of aryl methyl sites for hydroxylation is 1. The van der Waals surface area contributed by atoms with Crippen molar-refractivity contribution >= 4 is 23.7 Å². The van der Waals surface area contributed by atoms with Crippen LogP contribution in [0.2, 0.25) is 0 Å². The SMILES string of the molecule is CCN(C(C)=O)C1CCN(Cc2ccc(F)c(N(C=O)Nc3ccc(C)nc3)c2)CC1. The van der Waals surface area contributed by atoms with Gasteiger partial charge >= 0.3 is 0 Å². The summed E-state index contributed by atoms with van der Waals surface area (Å²) in [5, 5.41) is 1.13. The van der Waals surface area contributed by atoms with E-state index in [4.69, 9.17) is 0 Å². The summed E-state index contributed by atoms with van der Waals surface area (Å²) in [6.07, 6.45) is 3.99. The Labute approximate surface area is 182 Å². The van der Waals surface area contributed by atoms with Crippen LogP contribution in [0.4, 0.5) is 15.8 Å². The van der Waals surface area contributed by atoms with Crippen LogP contribution in [0.3, 0.4) is 0 Å². The molecule has 1 aromatic heterocycles. The van der Waals surface area contributed by atoms with E-state index in [1.54, 1.807) is 31.3 Å². The predicted molar refractivity (Wildman–Crippen MR) is 119 cm³/mol. The zero-order valence-corrected chi connectivity index (χ0v) is 18.3. The monoisotopic (exact) mass is 427 g/mol. The summed E-state index contributed by atoms with van der Waals surface area (Å²) in [6.45, 7) is 8.62. The van der Waals surface area contributed by atoms with Crippen molar-refractivity contribution in [3.8, 4) is 0 Å². The number of rotatable bonds is 8. The molecular formula is C23H30FN5O2. The molecule has 7 nitrogen and oxygen atoms in total. The number of amides is 2. The smallest absolute Gasteiger partial charge is 0.232 e. The van der Waals surface area contributed by atoms with Crippen LogP contribution in [0.15, 0.2) is 36.5 Å². The molecule has 8 heteroatoms. The highest BCUT2D eigenvalue weighted by atomic mass is 19.1. The second-order valence-corrected chi connectivity index (χ2v) is 7.87. The zero-order valence-electron chi connectivity index (χ0n) is 18.3. The Hall–Kier alpha value is -3.00. The summed E-state index contributed by atoms with van der Waals surface area (Å²) < 4.78 is 14.5. The molecular weight excluding hydrogens is 397 g/mol. The third-order valence-electron chi connectivity index (χ3n) is 5.69. The highest BCUT2D eigenvalue weighted by molar-refractivity contribution is 5.79. The number of pyridine rings is 1. The van der Waals surface area contributed by atoms with Gasteiger partial charge in [-0.05, 0) is 56.5 Å². The minimum atomic E-state index is -0.484. The fraction of sp³-hybridized carbons (Fsp3) is 0.435. The molecule has 1 aliphatic heterocycles. The number of anilines is 2. The van der Waals surface area contributed by atoms with Crippen LogP contribution < -0.4 is 10.4 Å².